The molecule has 2 amide bonds. The second-order valence-electron chi connectivity index (χ2n) is 8.13. The van der Waals surface area contributed by atoms with Crippen LogP contribution in [0.3, 0.4) is 0 Å². The highest BCUT2D eigenvalue weighted by atomic mass is 32.1. The monoisotopic (exact) mass is 470 g/mol. The van der Waals surface area contributed by atoms with Crippen LogP contribution in [-0.2, 0) is 27.2 Å². The molecule has 33 heavy (non-hydrogen) atoms. The molecule has 1 atom stereocenters. The van der Waals surface area contributed by atoms with Crippen LogP contribution in [0.25, 0.3) is 6.08 Å². The molecule has 8 heteroatoms. The SMILES string of the molecule is CCOC(=O)c1c(NC(=O)CN(C)C(=O)/C=C/c2cccc(OC)c2)sc2c1CCC(C)C2. The van der Waals surface area contributed by atoms with E-state index in [1.165, 1.54) is 22.3 Å². The summed E-state index contributed by atoms with van der Waals surface area (Å²) in [6.07, 6.45) is 5.77. The molecular weight excluding hydrogens is 440 g/mol. The summed E-state index contributed by atoms with van der Waals surface area (Å²) in [5.41, 5.74) is 2.26. The van der Waals surface area contributed by atoms with Crippen molar-refractivity contribution < 1.29 is 23.9 Å². The molecule has 3 rings (SSSR count). The van der Waals surface area contributed by atoms with E-state index in [1.54, 1.807) is 27.2 Å². The molecule has 1 aliphatic rings. The van der Waals surface area contributed by atoms with Crippen molar-refractivity contribution in [2.24, 2.45) is 5.92 Å². The van der Waals surface area contributed by atoms with Gasteiger partial charge in [-0.1, -0.05) is 19.1 Å². The Morgan fingerprint density at radius 2 is 2.09 bits per heavy atom. The summed E-state index contributed by atoms with van der Waals surface area (Å²) in [7, 11) is 3.14. The molecule has 0 spiro atoms. The first-order valence-electron chi connectivity index (χ1n) is 11.0. The van der Waals surface area contributed by atoms with Gasteiger partial charge in [-0.05, 0) is 61.4 Å². The number of anilines is 1. The molecule has 176 valence electrons. The molecule has 2 aromatic rings. The van der Waals surface area contributed by atoms with Crippen LogP contribution >= 0.6 is 11.3 Å². The molecule has 0 aliphatic heterocycles. The fourth-order valence-corrected chi connectivity index (χ4v) is 5.17. The molecule has 1 N–H and O–H groups in total. The highest BCUT2D eigenvalue weighted by Gasteiger charge is 2.29. The molecule has 0 radical (unpaired) electrons. The van der Waals surface area contributed by atoms with E-state index in [9.17, 15) is 14.4 Å². The van der Waals surface area contributed by atoms with E-state index in [4.69, 9.17) is 9.47 Å². The zero-order chi connectivity index (χ0) is 24.0. The van der Waals surface area contributed by atoms with Gasteiger partial charge in [0.1, 0.15) is 10.8 Å². The fourth-order valence-electron chi connectivity index (χ4n) is 3.76. The van der Waals surface area contributed by atoms with E-state index in [-0.39, 0.29) is 25.0 Å². The Morgan fingerprint density at radius 1 is 1.30 bits per heavy atom. The maximum Gasteiger partial charge on any atom is 0.341 e. The third kappa shape index (κ3) is 6.22. The lowest BCUT2D eigenvalue weighted by Gasteiger charge is -2.18. The number of carbonyl (C=O) groups excluding carboxylic acids is 3. The summed E-state index contributed by atoms with van der Waals surface area (Å²) in [6, 6.07) is 7.33. The van der Waals surface area contributed by atoms with Crippen LogP contribution in [0.2, 0.25) is 0 Å². The Kier molecular flexibility index (Phi) is 8.27. The van der Waals surface area contributed by atoms with Crippen LogP contribution in [0.1, 0.15) is 46.6 Å². The standard InChI is InChI=1S/C25H30N2O5S/c1-5-32-25(30)23-19-11-9-16(2)13-20(19)33-24(23)26-21(28)15-27(3)22(29)12-10-17-7-6-8-18(14-17)31-4/h6-8,10,12,14,16H,5,9,11,13,15H2,1-4H3,(H,26,28)/b12-10+. The number of hydrogen-bond acceptors (Lipinski definition) is 6. The van der Waals surface area contributed by atoms with Gasteiger partial charge in [0.25, 0.3) is 0 Å². The lowest BCUT2D eigenvalue weighted by molar-refractivity contribution is -0.129. The van der Waals surface area contributed by atoms with Crippen LogP contribution in [0, 0.1) is 5.92 Å². The molecule has 0 saturated heterocycles. The Morgan fingerprint density at radius 3 is 2.82 bits per heavy atom. The molecule has 7 nitrogen and oxygen atoms in total. The molecule has 1 unspecified atom stereocenters. The summed E-state index contributed by atoms with van der Waals surface area (Å²) >= 11 is 1.43. The van der Waals surface area contributed by atoms with Crippen molar-refractivity contribution in [1.82, 2.24) is 4.90 Å². The minimum absolute atomic E-state index is 0.136. The van der Waals surface area contributed by atoms with Crippen molar-refractivity contribution in [3.8, 4) is 5.75 Å². The highest BCUT2D eigenvalue weighted by Crippen LogP contribution is 2.40. The molecule has 0 saturated carbocycles. The second kappa shape index (κ2) is 11.1. The van der Waals surface area contributed by atoms with Gasteiger partial charge in [-0.15, -0.1) is 11.3 Å². The van der Waals surface area contributed by atoms with Gasteiger partial charge in [-0.25, -0.2) is 4.79 Å². The molecular formula is C25H30N2O5S. The Balaban J connectivity index is 1.67. The first-order chi connectivity index (χ1) is 15.8. The van der Waals surface area contributed by atoms with Crippen LogP contribution in [0.5, 0.6) is 5.75 Å². The van der Waals surface area contributed by atoms with Gasteiger partial charge in [0, 0.05) is 18.0 Å². The van der Waals surface area contributed by atoms with Gasteiger partial charge in [0.2, 0.25) is 11.8 Å². The number of fused-ring (bicyclic) bond motifs is 1. The van der Waals surface area contributed by atoms with E-state index in [1.807, 2.05) is 24.3 Å². The third-order valence-corrected chi connectivity index (χ3v) is 6.68. The Hall–Kier alpha value is -3.13. The van der Waals surface area contributed by atoms with Crippen molar-refractivity contribution in [1.29, 1.82) is 0 Å². The lowest BCUT2D eigenvalue weighted by atomic mass is 9.88. The number of hydrogen-bond donors (Lipinski definition) is 1. The molecule has 0 fully saturated rings. The average molecular weight is 471 g/mol. The van der Waals surface area contributed by atoms with Crippen molar-refractivity contribution in [3.05, 3.63) is 51.9 Å². The average Bonchev–Trinajstić information content (AvgIpc) is 3.14. The van der Waals surface area contributed by atoms with Crippen LogP contribution < -0.4 is 10.1 Å². The molecule has 1 heterocycles. The zero-order valence-electron chi connectivity index (χ0n) is 19.5. The van der Waals surface area contributed by atoms with Crippen molar-refractivity contribution in [3.63, 3.8) is 0 Å². The van der Waals surface area contributed by atoms with E-state index in [2.05, 4.69) is 12.2 Å². The first kappa shape index (κ1) is 24.5. The molecule has 1 aliphatic carbocycles. The van der Waals surface area contributed by atoms with Gasteiger partial charge in [-0.3, -0.25) is 9.59 Å². The summed E-state index contributed by atoms with van der Waals surface area (Å²) in [6.45, 7) is 4.08. The summed E-state index contributed by atoms with van der Waals surface area (Å²) in [4.78, 5) is 40.2. The number of esters is 1. The van der Waals surface area contributed by atoms with E-state index >= 15 is 0 Å². The topological polar surface area (TPSA) is 84.9 Å². The van der Waals surface area contributed by atoms with Gasteiger partial charge in [-0.2, -0.15) is 0 Å². The predicted molar refractivity (Wildman–Crippen MR) is 130 cm³/mol. The van der Waals surface area contributed by atoms with E-state index in [0.717, 1.165) is 35.3 Å². The quantitative estimate of drug-likeness (QED) is 0.462. The largest absolute Gasteiger partial charge is 0.497 e. The van der Waals surface area contributed by atoms with Crippen LogP contribution in [-0.4, -0.2) is 50.0 Å². The highest BCUT2D eigenvalue weighted by molar-refractivity contribution is 7.17. The number of ether oxygens (including phenoxy) is 2. The van der Waals surface area contributed by atoms with Crippen LogP contribution in [0.4, 0.5) is 5.00 Å². The summed E-state index contributed by atoms with van der Waals surface area (Å²) in [5.74, 6) is 0.152. The third-order valence-electron chi connectivity index (χ3n) is 5.51. The van der Waals surface area contributed by atoms with Crippen LogP contribution in [0.15, 0.2) is 30.3 Å². The van der Waals surface area contributed by atoms with Crippen molar-refractivity contribution in [2.75, 3.05) is 32.6 Å². The smallest absolute Gasteiger partial charge is 0.341 e. The minimum atomic E-state index is -0.412. The predicted octanol–water partition coefficient (Wildman–Crippen LogP) is 4.17. The second-order valence-corrected chi connectivity index (χ2v) is 9.23. The summed E-state index contributed by atoms with van der Waals surface area (Å²) < 4.78 is 10.4. The van der Waals surface area contributed by atoms with E-state index < -0.39 is 5.97 Å². The number of benzene rings is 1. The van der Waals surface area contributed by atoms with Gasteiger partial charge < -0.3 is 19.7 Å². The maximum absolute atomic E-state index is 12.7. The van der Waals surface area contributed by atoms with Gasteiger partial charge in [0.15, 0.2) is 0 Å². The number of likely N-dealkylation sites (N-methyl/N-ethyl adjacent to an activating group) is 1. The molecule has 1 aromatic carbocycles. The Bertz CT molecular complexity index is 1060. The van der Waals surface area contributed by atoms with Gasteiger partial charge in [0.05, 0.1) is 25.8 Å². The zero-order valence-corrected chi connectivity index (χ0v) is 20.3. The number of methoxy groups -OCH3 is 1. The summed E-state index contributed by atoms with van der Waals surface area (Å²) in [5, 5.41) is 3.35. The number of amides is 2. The molecule has 0 bridgehead atoms. The Labute approximate surface area is 198 Å². The van der Waals surface area contributed by atoms with Crippen molar-refractivity contribution in [2.45, 2.75) is 33.1 Å². The first-order valence-corrected chi connectivity index (χ1v) is 11.8. The van der Waals surface area contributed by atoms with E-state index in [0.29, 0.717) is 22.2 Å². The minimum Gasteiger partial charge on any atom is -0.497 e. The molecule has 1 aromatic heterocycles. The lowest BCUT2D eigenvalue weighted by Crippen LogP contribution is -2.34. The van der Waals surface area contributed by atoms with Gasteiger partial charge >= 0.3 is 5.97 Å². The maximum atomic E-state index is 12.7. The number of rotatable bonds is 8. The number of thiophene rings is 1. The number of carbonyl (C=O) groups is 3. The number of nitrogens with one attached hydrogen (secondary N) is 1. The fraction of sp³-hybridized carbons (Fsp3) is 0.400. The normalized spacial score (nSPS) is 15.1. The number of nitrogens with zero attached hydrogens (tertiary/aromatic N) is 1. The van der Waals surface area contributed by atoms with Crippen molar-refractivity contribution >= 4 is 40.2 Å².